The molecule has 53 heavy (non-hydrogen) atoms. The molecule has 0 amide bonds. The van der Waals surface area contributed by atoms with E-state index in [1.807, 2.05) is 36.4 Å². The van der Waals surface area contributed by atoms with Gasteiger partial charge in [0.25, 0.3) is 0 Å². The lowest BCUT2D eigenvalue weighted by molar-refractivity contribution is 0.848. The van der Waals surface area contributed by atoms with Crippen LogP contribution in [0, 0.1) is 0 Å². The third kappa shape index (κ3) is 5.67. The Balaban J connectivity index is 1.03. The second-order valence-corrected chi connectivity index (χ2v) is 13.3. The van der Waals surface area contributed by atoms with Gasteiger partial charge >= 0.3 is 0 Å². The monoisotopic (exact) mass is 680 g/mol. The average Bonchev–Trinajstić information content (AvgIpc) is 3.64. The van der Waals surface area contributed by atoms with Gasteiger partial charge in [0.15, 0.2) is 5.82 Å². The Bertz CT molecular complexity index is 2800. The lowest BCUT2D eigenvalue weighted by Crippen LogP contribution is -2.01. The van der Waals surface area contributed by atoms with E-state index in [1.165, 1.54) is 5.56 Å². The SMILES string of the molecule is C1=Cn2c(nc3c4ccccc4nc(-c4ccc(-c5cccc(-c6cc(-c7ccccn7)nc(-c7ccc(-c8ccccc8)cc7)n6)c5)cc4)c32)CC1. The Morgan fingerprint density at radius 3 is 1.98 bits per heavy atom. The summed E-state index contributed by atoms with van der Waals surface area (Å²) in [5, 5.41) is 1.08. The predicted molar refractivity (Wildman–Crippen MR) is 215 cm³/mol. The molecule has 1 aliphatic heterocycles. The minimum absolute atomic E-state index is 0.656. The first-order valence-corrected chi connectivity index (χ1v) is 17.9. The average molecular weight is 681 g/mol. The molecule has 0 fully saturated rings. The number of para-hydroxylation sites is 1. The van der Waals surface area contributed by atoms with Crippen LogP contribution in [0.25, 0.3) is 95.7 Å². The highest BCUT2D eigenvalue weighted by Crippen LogP contribution is 2.36. The molecule has 5 heterocycles. The Hall–Kier alpha value is -7.05. The molecule has 5 aromatic carbocycles. The third-order valence-corrected chi connectivity index (χ3v) is 9.94. The molecule has 9 aromatic rings. The number of aryl methyl sites for hydroxylation is 1. The van der Waals surface area contributed by atoms with Gasteiger partial charge in [-0.05, 0) is 59.0 Å². The van der Waals surface area contributed by atoms with E-state index in [1.54, 1.807) is 6.20 Å². The third-order valence-electron chi connectivity index (χ3n) is 9.94. The Labute approximate surface area is 306 Å². The second-order valence-electron chi connectivity index (χ2n) is 13.3. The number of nitrogens with zero attached hydrogens (tertiary/aromatic N) is 6. The normalized spacial score (nSPS) is 12.3. The van der Waals surface area contributed by atoms with E-state index in [0.717, 1.165) is 96.8 Å². The fourth-order valence-corrected chi connectivity index (χ4v) is 7.26. The van der Waals surface area contributed by atoms with Crippen molar-refractivity contribution in [2.75, 3.05) is 0 Å². The molecular weight excluding hydrogens is 649 g/mol. The molecule has 0 radical (unpaired) electrons. The molecule has 0 N–H and O–H groups in total. The largest absolute Gasteiger partial charge is 0.301 e. The van der Waals surface area contributed by atoms with Gasteiger partial charge in [-0.1, -0.05) is 127 Å². The molecule has 1 aliphatic rings. The van der Waals surface area contributed by atoms with Crippen molar-refractivity contribution in [1.82, 2.24) is 29.5 Å². The molecule has 0 spiro atoms. The van der Waals surface area contributed by atoms with E-state index >= 15 is 0 Å². The molecule has 0 saturated heterocycles. The van der Waals surface area contributed by atoms with Gasteiger partial charge in [-0.15, -0.1) is 0 Å². The summed E-state index contributed by atoms with van der Waals surface area (Å²) in [6, 6.07) is 52.3. The van der Waals surface area contributed by atoms with Crippen molar-refractivity contribution in [1.29, 1.82) is 0 Å². The van der Waals surface area contributed by atoms with Gasteiger partial charge in [-0.25, -0.2) is 19.9 Å². The van der Waals surface area contributed by atoms with Crippen molar-refractivity contribution in [2.24, 2.45) is 0 Å². The van der Waals surface area contributed by atoms with Gasteiger partial charge in [-0.3, -0.25) is 4.98 Å². The number of rotatable bonds is 6. The van der Waals surface area contributed by atoms with Crippen molar-refractivity contribution >= 4 is 28.1 Å². The van der Waals surface area contributed by atoms with Crippen LogP contribution in [-0.2, 0) is 6.42 Å². The van der Waals surface area contributed by atoms with Crippen molar-refractivity contribution in [3.05, 3.63) is 170 Å². The maximum Gasteiger partial charge on any atom is 0.160 e. The van der Waals surface area contributed by atoms with Gasteiger partial charge in [-0.2, -0.15) is 0 Å². The molecule has 0 atom stereocenters. The quantitative estimate of drug-likeness (QED) is 0.175. The first-order chi connectivity index (χ1) is 26.2. The predicted octanol–water partition coefficient (Wildman–Crippen LogP) is 11.2. The zero-order chi connectivity index (χ0) is 35.1. The first-order valence-electron chi connectivity index (χ1n) is 17.9. The van der Waals surface area contributed by atoms with Crippen LogP contribution < -0.4 is 0 Å². The van der Waals surface area contributed by atoms with Crippen molar-refractivity contribution < 1.29 is 0 Å². The van der Waals surface area contributed by atoms with Crippen LogP contribution in [0.2, 0.25) is 0 Å². The molecule has 4 aromatic heterocycles. The van der Waals surface area contributed by atoms with Gasteiger partial charge < -0.3 is 4.57 Å². The summed E-state index contributed by atoms with van der Waals surface area (Å²) in [5.41, 5.74) is 13.9. The van der Waals surface area contributed by atoms with Crippen molar-refractivity contribution in [2.45, 2.75) is 12.8 Å². The highest BCUT2D eigenvalue weighted by Gasteiger charge is 2.20. The van der Waals surface area contributed by atoms with E-state index in [-0.39, 0.29) is 0 Å². The van der Waals surface area contributed by atoms with E-state index < -0.39 is 0 Å². The molecule has 250 valence electrons. The number of benzene rings is 5. The number of aromatic nitrogens is 6. The summed E-state index contributed by atoms with van der Waals surface area (Å²) in [4.78, 5) is 25.0. The highest BCUT2D eigenvalue weighted by atomic mass is 15.1. The van der Waals surface area contributed by atoms with Crippen molar-refractivity contribution in [3.63, 3.8) is 0 Å². The van der Waals surface area contributed by atoms with Crippen LogP contribution in [-0.4, -0.2) is 29.5 Å². The van der Waals surface area contributed by atoms with Crippen LogP contribution in [0.15, 0.2) is 164 Å². The maximum absolute atomic E-state index is 5.18. The van der Waals surface area contributed by atoms with Gasteiger partial charge in [0.2, 0.25) is 0 Å². The van der Waals surface area contributed by atoms with Crippen molar-refractivity contribution in [3.8, 4) is 67.5 Å². The van der Waals surface area contributed by atoms with Gasteiger partial charge in [0.05, 0.1) is 33.8 Å². The lowest BCUT2D eigenvalue weighted by Gasteiger charge is -2.12. The summed E-state index contributed by atoms with van der Waals surface area (Å²) in [5.74, 6) is 1.74. The van der Waals surface area contributed by atoms with Crippen LogP contribution in [0.3, 0.4) is 0 Å². The van der Waals surface area contributed by atoms with Crippen LogP contribution in [0.5, 0.6) is 0 Å². The summed E-state index contributed by atoms with van der Waals surface area (Å²) in [6.45, 7) is 0. The summed E-state index contributed by atoms with van der Waals surface area (Å²) >= 11 is 0. The number of hydrogen-bond donors (Lipinski definition) is 0. The summed E-state index contributed by atoms with van der Waals surface area (Å²) in [6.07, 6.45) is 8.08. The van der Waals surface area contributed by atoms with E-state index in [0.29, 0.717) is 5.82 Å². The Kier molecular flexibility index (Phi) is 7.50. The van der Waals surface area contributed by atoms with E-state index in [4.69, 9.17) is 19.9 Å². The molecular formula is C47H32N6. The Morgan fingerprint density at radius 2 is 1.15 bits per heavy atom. The first kappa shape index (κ1) is 30.7. The minimum atomic E-state index is 0.656. The van der Waals surface area contributed by atoms with E-state index in [9.17, 15) is 0 Å². The highest BCUT2D eigenvalue weighted by molar-refractivity contribution is 6.08. The maximum atomic E-state index is 5.18. The lowest BCUT2D eigenvalue weighted by atomic mass is 9.98. The van der Waals surface area contributed by atoms with Crippen LogP contribution in [0.1, 0.15) is 12.2 Å². The Morgan fingerprint density at radius 1 is 0.472 bits per heavy atom. The van der Waals surface area contributed by atoms with Crippen LogP contribution >= 0.6 is 0 Å². The topological polar surface area (TPSA) is 69.4 Å². The molecule has 10 rings (SSSR count). The number of imidazole rings is 1. The fraction of sp³-hybridized carbons (Fsp3) is 0.0426. The summed E-state index contributed by atoms with van der Waals surface area (Å²) < 4.78 is 2.22. The smallest absolute Gasteiger partial charge is 0.160 e. The standard InChI is InChI=1S/C47H32N6/c1-2-11-31(12-3-1)32-21-25-35(26-22-32)47-50-41(30-42(51-47)40-17-6-8-27-48-40)37-14-10-13-36(29-37)33-19-23-34(24-20-33)44-46-45(38-15-4-5-16-39(38)49-44)52-43-18-7-9-28-53(43)46/h1-6,8-17,19-30H,7,18H2. The molecule has 0 bridgehead atoms. The van der Waals surface area contributed by atoms with E-state index in [2.05, 4.69) is 137 Å². The fourth-order valence-electron chi connectivity index (χ4n) is 7.26. The number of allylic oxidation sites excluding steroid dienone is 1. The molecule has 0 aliphatic carbocycles. The number of fused-ring (bicyclic) bond motifs is 5. The van der Waals surface area contributed by atoms with Gasteiger partial charge in [0, 0.05) is 40.9 Å². The zero-order valence-electron chi connectivity index (χ0n) is 28.8. The second kappa shape index (κ2) is 12.9. The molecule has 0 saturated carbocycles. The molecule has 0 unspecified atom stereocenters. The number of hydrogen-bond acceptors (Lipinski definition) is 5. The summed E-state index contributed by atoms with van der Waals surface area (Å²) in [7, 11) is 0. The minimum Gasteiger partial charge on any atom is -0.301 e. The molecule has 6 nitrogen and oxygen atoms in total. The van der Waals surface area contributed by atoms with Crippen LogP contribution in [0.4, 0.5) is 0 Å². The number of pyridine rings is 2. The molecule has 6 heteroatoms. The zero-order valence-corrected chi connectivity index (χ0v) is 28.8. The van der Waals surface area contributed by atoms with Gasteiger partial charge in [0.1, 0.15) is 11.3 Å².